The number of nitrogens with one attached hydrogen (secondary N) is 1. The van der Waals surface area contributed by atoms with E-state index < -0.39 is 35.5 Å². The molecule has 9 heteroatoms. The summed E-state index contributed by atoms with van der Waals surface area (Å²) < 4.78 is 54.9. The van der Waals surface area contributed by atoms with Crippen molar-refractivity contribution in [1.29, 1.82) is 0 Å². The van der Waals surface area contributed by atoms with Crippen molar-refractivity contribution in [3.63, 3.8) is 0 Å². The van der Waals surface area contributed by atoms with Crippen LogP contribution in [0.1, 0.15) is 35.8 Å². The zero-order valence-electron chi connectivity index (χ0n) is 16.0. The van der Waals surface area contributed by atoms with Crippen LogP contribution in [-0.4, -0.2) is 28.0 Å². The SMILES string of the molecule is CC(C)(O)[C@@H](NC(=O)c1cc(F)cc2cccnc12)c1ccc(OC(F)(F)F)cc1. The summed E-state index contributed by atoms with van der Waals surface area (Å²) in [7, 11) is 0. The van der Waals surface area contributed by atoms with E-state index in [-0.39, 0.29) is 11.1 Å². The zero-order valence-corrected chi connectivity index (χ0v) is 16.0. The molecule has 0 fully saturated rings. The minimum Gasteiger partial charge on any atom is -0.406 e. The molecule has 0 radical (unpaired) electrons. The third kappa shape index (κ3) is 5.04. The second-order valence-electron chi connectivity index (χ2n) is 7.21. The highest BCUT2D eigenvalue weighted by atomic mass is 19.4. The average molecular weight is 422 g/mol. The Morgan fingerprint density at radius 1 is 1.13 bits per heavy atom. The molecule has 158 valence electrons. The maximum atomic E-state index is 14.0. The van der Waals surface area contributed by atoms with Crippen molar-refractivity contribution in [1.82, 2.24) is 10.3 Å². The minimum absolute atomic E-state index is 0.0307. The average Bonchev–Trinajstić information content (AvgIpc) is 2.64. The lowest BCUT2D eigenvalue weighted by Crippen LogP contribution is -2.42. The van der Waals surface area contributed by atoms with Gasteiger partial charge in [0.25, 0.3) is 5.91 Å². The molecule has 2 N–H and O–H groups in total. The van der Waals surface area contributed by atoms with Crippen LogP contribution in [0.4, 0.5) is 17.6 Å². The highest BCUT2D eigenvalue weighted by Gasteiger charge is 2.33. The number of aromatic nitrogens is 1. The Bertz CT molecular complexity index is 1060. The van der Waals surface area contributed by atoms with Crippen LogP contribution in [0.15, 0.2) is 54.7 Å². The number of alkyl halides is 3. The Balaban J connectivity index is 1.92. The zero-order chi connectivity index (χ0) is 22.1. The van der Waals surface area contributed by atoms with E-state index in [0.717, 1.165) is 18.2 Å². The number of fused-ring (bicyclic) bond motifs is 1. The maximum absolute atomic E-state index is 14.0. The molecule has 0 aliphatic rings. The van der Waals surface area contributed by atoms with Gasteiger partial charge in [0, 0.05) is 11.6 Å². The van der Waals surface area contributed by atoms with Crippen molar-refractivity contribution < 1.29 is 32.2 Å². The Hall–Kier alpha value is -3.20. The molecule has 5 nitrogen and oxygen atoms in total. The number of amides is 1. The second kappa shape index (κ2) is 7.91. The van der Waals surface area contributed by atoms with E-state index in [1.54, 1.807) is 12.1 Å². The molecule has 0 unspecified atom stereocenters. The summed E-state index contributed by atoms with van der Waals surface area (Å²) in [6.07, 6.45) is -3.37. The molecule has 0 saturated heterocycles. The molecule has 0 bridgehead atoms. The van der Waals surface area contributed by atoms with Gasteiger partial charge in [-0.05, 0) is 49.7 Å². The fourth-order valence-electron chi connectivity index (χ4n) is 3.07. The molecule has 0 aliphatic carbocycles. The maximum Gasteiger partial charge on any atom is 0.573 e. The summed E-state index contributed by atoms with van der Waals surface area (Å²) in [5, 5.41) is 13.6. The van der Waals surface area contributed by atoms with Crippen molar-refractivity contribution in [3.8, 4) is 5.75 Å². The number of carbonyl (C=O) groups excluding carboxylic acids is 1. The van der Waals surface area contributed by atoms with Gasteiger partial charge < -0.3 is 15.2 Å². The van der Waals surface area contributed by atoms with Crippen LogP contribution in [0, 0.1) is 5.82 Å². The first-order valence-electron chi connectivity index (χ1n) is 8.87. The van der Waals surface area contributed by atoms with Crippen LogP contribution in [0.5, 0.6) is 5.75 Å². The van der Waals surface area contributed by atoms with Gasteiger partial charge in [-0.3, -0.25) is 9.78 Å². The minimum atomic E-state index is -4.84. The van der Waals surface area contributed by atoms with Crippen molar-refractivity contribution in [2.75, 3.05) is 0 Å². The van der Waals surface area contributed by atoms with Gasteiger partial charge >= 0.3 is 6.36 Å². The molecule has 1 heterocycles. The monoisotopic (exact) mass is 422 g/mol. The molecule has 1 atom stereocenters. The lowest BCUT2D eigenvalue weighted by Gasteiger charge is -2.31. The van der Waals surface area contributed by atoms with E-state index >= 15 is 0 Å². The number of ether oxygens (including phenoxy) is 1. The van der Waals surface area contributed by atoms with E-state index in [2.05, 4.69) is 15.0 Å². The van der Waals surface area contributed by atoms with Gasteiger partial charge in [-0.2, -0.15) is 0 Å². The first kappa shape index (κ1) is 21.5. The number of rotatable bonds is 5. The summed E-state index contributed by atoms with van der Waals surface area (Å²) in [6, 6.07) is 9.23. The molecule has 3 aromatic rings. The van der Waals surface area contributed by atoms with Gasteiger partial charge in [-0.25, -0.2) is 4.39 Å². The van der Waals surface area contributed by atoms with Crippen molar-refractivity contribution in [3.05, 3.63) is 71.7 Å². The summed E-state index contributed by atoms with van der Waals surface area (Å²) in [4.78, 5) is 17.0. The van der Waals surface area contributed by atoms with E-state index in [9.17, 15) is 27.5 Å². The van der Waals surface area contributed by atoms with Gasteiger partial charge in [-0.15, -0.1) is 13.2 Å². The van der Waals surface area contributed by atoms with Crippen LogP contribution < -0.4 is 10.1 Å². The van der Waals surface area contributed by atoms with Crippen LogP contribution in [-0.2, 0) is 0 Å². The number of carbonyl (C=O) groups is 1. The number of hydrogen-bond donors (Lipinski definition) is 2. The summed E-state index contributed by atoms with van der Waals surface area (Å²) in [5.41, 5.74) is -0.908. The van der Waals surface area contributed by atoms with E-state index in [4.69, 9.17) is 0 Å². The highest BCUT2D eigenvalue weighted by molar-refractivity contribution is 6.05. The fraction of sp³-hybridized carbons (Fsp3) is 0.238. The number of aliphatic hydroxyl groups is 1. The van der Waals surface area contributed by atoms with Crippen molar-refractivity contribution in [2.45, 2.75) is 31.9 Å². The standard InChI is InChI=1S/C21H18F4N2O3/c1-20(2,29)18(12-5-7-15(8-6-12)30-21(23,24)25)27-19(28)16-11-14(22)10-13-4-3-9-26-17(13)16/h3-11,18,29H,1-2H3,(H,27,28)/t18-/m0/s1. The Morgan fingerprint density at radius 2 is 1.80 bits per heavy atom. The van der Waals surface area contributed by atoms with Crippen LogP contribution in [0.2, 0.25) is 0 Å². The van der Waals surface area contributed by atoms with Crippen LogP contribution >= 0.6 is 0 Å². The van der Waals surface area contributed by atoms with Gasteiger partial charge in [0.05, 0.1) is 22.7 Å². The quantitative estimate of drug-likeness (QED) is 0.594. The Labute approximate surface area is 169 Å². The van der Waals surface area contributed by atoms with Crippen LogP contribution in [0.25, 0.3) is 10.9 Å². The van der Waals surface area contributed by atoms with Crippen LogP contribution in [0.3, 0.4) is 0 Å². The van der Waals surface area contributed by atoms with E-state index in [1.165, 1.54) is 38.2 Å². The number of pyridine rings is 1. The van der Waals surface area contributed by atoms with E-state index in [1.807, 2.05) is 0 Å². The predicted molar refractivity (Wildman–Crippen MR) is 101 cm³/mol. The molecule has 1 aromatic heterocycles. The predicted octanol–water partition coefficient (Wildman–Crippen LogP) is 4.51. The van der Waals surface area contributed by atoms with E-state index in [0.29, 0.717) is 10.9 Å². The second-order valence-corrected chi connectivity index (χ2v) is 7.21. The number of nitrogens with zero attached hydrogens (tertiary/aromatic N) is 1. The molecule has 1 amide bonds. The van der Waals surface area contributed by atoms with Crippen molar-refractivity contribution >= 4 is 16.8 Å². The summed E-state index contributed by atoms with van der Waals surface area (Å²) >= 11 is 0. The summed E-state index contributed by atoms with van der Waals surface area (Å²) in [6.45, 7) is 2.86. The largest absolute Gasteiger partial charge is 0.573 e. The first-order valence-corrected chi connectivity index (χ1v) is 8.87. The van der Waals surface area contributed by atoms with Gasteiger partial charge in [0.2, 0.25) is 0 Å². The number of halogens is 4. The molecule has 0 spiro atoms. The van der Waals surface area contributed by atoms with Gasteiger partial charge in [-0.1, -0.05) is 18.2 Å². The number of benzene rings is 2. The molecule has 3 rings (SSSR count). The molecular formula is C21H18F4N2O3. The van der Waals surface area contributed by atoms with Gasteiger partial charge in [0.15, 0.2) is 0 Å². The normalized spacial score (nSPS) is 13.2. The first-order chi connectivity index (χ1) is 13.9. The molecule has 30 heavy (non-hydrogen) atoms. The molecule has 0 saturated carbocycles. The summed E-state index contributed by atoms with van der Waals surface area (Å²) in [5.74, 6) is -1.76. The molecular weight excluding hydrogens is 404 g/mol. The smallest absolute Gasteiger partial charge is 0.406 e. The Kier molecular flexibility index (Phi) is 5.67. The lowest BCUT2D eigenvalue weighted by atomic mass is 9.91. The molecule has 0 aliphatic heterocycles. The number of hydrogen-bond acceptors (Lipinski definition) is 4. The fourth-order valence-corrected chi connectivity index (χ4v) is 3.07. The molecule has 2 aromatic carbocycles. The highest BCUT2D eigenvalue weighted by Crippen LogP contribution is 2.30. The third-order valence-corrected chi connectivity index (χ3v) is 4.34. The third-order valence-electron chi connectivity index (χ3n) is 4.34. The lowest BCUT2D eigenvalue weighted by molar-refractivity contribution is -0.274. The Morgan fingerprint density at radius 3 is 2.40 bits per heavy atom. The van der Waals surface area contributed by atoms with Gasteiger partial charge in [0.1, 0.15) is 11.6 Å². The van der Waals surface area contributed by atoms with Crippen molar-refractivity contribution in [2.24, 2.45) is 0 Å². The topological polar surface area (TPSA) is 71.5 Å².